The quantitative estimate of drug-likeness (QED) is 0.851. The lowest BCUT2D eigenvalue weighted by atomic mass is 10.1. The van der Waals surface area contributed by atoms with E-state index in [4.69, 9.17) is 0 Å². The molecular weight excluding hydrogens is 212 g/mol. The average molecular weight is 232 g/mol. The number of H-pyrrole nitrogens is 1. The largest absolute Gasteiger partial charge is 0.367 e. The third kappa shape index (κ3) is 2.57. The third-order valence-electron chi connectivity index (χ3n) is 2.86. The lowest BCUT2D eigenvalue weighted by Gasteiger charge is -2.17. The van der Waals surface area contributed by atoms with Crippen molar-refractivity contribution in [1.29, 1.82) is 0 Å². The minimum Gasteiger partial charge on any atom is -0.367 e. The molecule has 0 saturated carbocycles. The van der Waals surface area contributed by atoms with Crippen LogP contribution in [0, 0.1) is 12.8 Å². The molecule has 1 unspecified atom stereocenters. The van der Waals surface area contributed by atoms with E-state index in [1.54, 1.807) is 6.20 Å². The topological polar surface area (TPSA) is 53.6 Å². The van der Waals surface area contributed by atoms with Gasteiger partial charge in [0.1, 0.15) is 5.82 Å². The maximum Gasteiger partial charge on any atom is 0.137 e. The zero-order chi connectivity index (χ0) is 12.4. The summed E-state index contributed by atoms with van der Waals surface area (Å²) in [5.41, 5.74) is 2.03. The zero-order valence-corrected chi connectivity index (χ0v) is 10.9. The van der Waals surface area contributed by atoms with Crippen molar-refractivity contribution in [2.45, 2.75) is 40.2 Å². The van der Waals surface area contributed by atoms with Crippen LogP contribution in [-0.2, 0) is 0 Å². The summed E-state index contributed by atoms with van der Waals surface area (Å²) in [7, 11) is 0. The van der Waals surface area contributed by atoms with E-state index >= 15 is 0 Å². The van der Waals surface area contributed by atoms with Crippen molar-refractivity contribution in [1.82, 2.24) is 15.2 Å². The second-order valence-electron chi connectivity index (χ2n) is 5.08. The van der Waals surface area contributed by atoms with Crippen molar-refractivity contribution in [3.63, 3.8) is 0 Å². The first-order chi connectivity index (χ1) is 8.08. The highest BCUT2D eigenvalue weighted by atomic mass is 15.1. The molecule has 4 heteroatoms. The number of nitrogens with one attached hydrogen (secondary N) is 2. The molecule has 0 aliphatic rings. The van der Waals surface area contributed by atoms with Crippen molar-refractivity contribution in [2.24, 2.45) is 5.92 Å². The molecular formula is C13H20N4. The van der Waals surface area contributed by atoms with Crippen LogP contribution in [0.2, 0.25) is 0 Å². The number of fused-ring (bicyclic) bond motifs is 1. The molecule has 0 aromatic carbocycles. The molecule has 92 valence electrons. The van der Waals surface area contributed by atoms with Crippen molar-refractivity contribution in [3.8, 4) is 0 Å². The molecule has 2 aromatic heterocycles. The fourth-order valence-electron chi connectivity index (χ4n) is 2.22. The molecule has 2 aromatic rings. The molecule has 0 aliphatic heterocycles. The van der Waals surface area contributed by atoms with Crippen molar-refractivity contribution >= 4 is 16.7 Å². The standard InChI is InChI=1S/C13H20N4/c1-8(2)7-9(3)15-13-12-10(4)16-17-11(12)5-6-14-13/h5-6,8-9H,7H2,1-4H3,(H,14,15)(H,16,17). The molecule has 0 bridgehead atoms. The van der Waals surface area contributed by atoms with E-state index in [2.05, 4.69) is 41.3 Å². The molecule has 2 N–H and O–H groups in total. The number of anilines is 1. The number of nitrogens with zero attached hydrogens (tertiary/aromatic N) is 2. The first-order valence-corrected chi connectivity index (χ1v) is 6.14. The van der Waals surface area contributed by atoms with E-state index in [1.165, 1.54) is 0 Å². The van der Waals surface area contributed by atoms with Crippen LogP contribution in [-0.4, -0.2) is 21.2 Å². The first-order valence-electron chi connectivity index (χ1n) is 6.14. The molecule has 1 atom stereocenters. The average Bonchev–Trinajstić information content (AvgIpc) is 2.60. The van der Waals surface area contributed by atoms with Crippen LogP contribution in [0.5, 0.6) is 0 Å². The summed E-state index contributed by atoms with van der Waals surface area (Å²) in [4.78, 5) is 4.42. The summed E-state index contributed by atoms with van der Waals surface area (Å²) in [5, 5.41) is 11.8. The number of rotatable bonds is 4. The third-order valence-corrected chi connectivity index (χ3v) is 2.86. The Morgan fingerprint density at radius 3 is 2.82 bits per heavy atom. The molecule has 0 saturated heterocycles. The van der Waals surface area contributed by atoms with Gasteiger partial charge in [-0.15, -0.1) is 0 Å². The van der Waals surface area contributed by atoms with Gasteiger partial charge in [-0.3, -0.25) is 5.10 Å². The summed E-state index contributed by atoms with van der Waals surface area (Å²) >= 11 is 0. The van der Waals surface area contributed by atoms with E-state index in [0.717, 1.165) is 28.8 Å². The number of aromatic nitrogens is 3. The normalized spacial score (nSPS) is 13.2. The Morgan fingerprint density at radius 2 is 2.12 bits per heavy atom. The van der Waals surface area contributed by atoms with Crippen LogP contribution in [0.25, 0.3) is 10.9 Å². The van der Waals surface area contributed by atoms with Gasteiger partial charge in [0.2, 0.25) is 0 Å². The lowest BCUT2D eigenvalue weighted by Crippen LogP contribution is -2.18. The Hall–Kier alpha value is -1.58. The van der Waals surface area contributed by atoms with Crippen LogP contribution in [0.15, 0.2) is 12.3 Å². The Bertz CT molecular complexity index is 501. The minimum atomic E-state index is 0.419. The van der Waals surface area contributed by atoms with E-state index in [1.807, 2.05) is 13.0 Å². The summed E-state index contributed by atoms with van der Waals surface area (Å²) in [6.45, 7) is 8.68. The molecule has 4 nitrogen and oxygen atoms in total. The fourth-order valence-corrected chi connectivity index (χ4v) is 2.22. The predicted molar refractivity (Wildman–Crippen MR) is 71.2 cm³/mol. The lowest BCUT2D eigenvalue weighted by molar-refractivity contribution is 0.539. The van der Waals surface area contributed by atoms with Crippen LogP contribution < -0.4 is 5.32 Å². The van der Waals surface area contributed by atoms with Crippen LogP contribution in [0.4, 0.5) is 5.82 Å². The van der Waals surface area contributed by atoms with Crippen molar-refractivity contribution in [3.05, 3.63) is 18.0 Å². The number of hydrogen-bond acceptors (Lipinski definition) is 3. The van der Waals surface area contributed by atoms with Gasteiger partial charge in [-0.2, -0.15) is 5.10 Å². The maximum atomic E-state index is 4.42. The molecule has 0 radical (unpaired) electrons. The first kappa shape index (κ1) is 11.9. The molecule has 2 rings (SSSR count). The molecule has 0 aliphatic carbocycles. The van der Waals surface area contributed by atoms with Crippen LogP contribution >= 0.6 is 0 Å². The Kier molecular flexibility index (Phi) is 3.31. The van der Waals surface area contributed by atoms with Gasteiger partial charge in [0.15, 0.2) is 0 Å². The number of aromatic amines is 1. The SMILES string of the molecule is Cc1[nH]nc2ccnc(NC(C)CC(C)C)c12. The van der Waals surface area contributed by atoms with Crippen LogP contribution in [0.3, 0.4) is 0 Å². The van der Waals surface area contributed by atoms with E-state index in [-0.39, 0.29) is 0 Å². The highest BCUT2D eigenvalue weighted by Crippen LogP contribution is 2.23. The van der Waals surface area contributed by atoms with Gasteiger partial charge < -0.3 is 5.32 Å². The number of aryl methyl sites for hydroxylation is 1. The van der Waals surface area contributed by atoms with E-state index < -0.39 is 0 Å². The fraction of sp³-hybridized carbons (Fsp3) is 0.538. The summed E-state index contributed by atoms with van der Waals surface area (Å²) in [5.74, 6) is 1.61. The zero-order valence-electron chi connectivity index (χ0n) is 10.9. The number of hydrogen-bond donors (Lipinski definition) is 2. The molecule has 0 amide bonds. The van der Waals surface area contributed by atoms with Gasteiger partial charge in [-0.1, -0.05) is 13.8 Å². The molecule has 17 heavy (non-hydrogen) atoms. The van der Waals surface area contributed by atoms with Gasteiger partial charge in [0.25, 0.3) is 0 Å². The van der Waals surface area contributed by atoms with E-state index in [0.29, 0.717) is 12.0 Å². The van der Waals surface area contributed by atoms with Crippen molar-refractivity contribution < 1.29 is 0 Å². The highest BCUT2D eigenvalue weighted by molar-refractivity contribution is 5.91. The molecule has 0 spiro atoms. The van der Waals surface area contributed by atoms with Gasteiger partial charge in [-0.25, -0.2) is 4.98 Å². The predicted octanol–water partition coefficient (Wildman–Crippen LogP) is 3.11. The number of pyridine rings is 1. The van der Waals surface area contributed by atoms with Gasteiger partial charge in [-0.05, 0) is 32.3 Å². The second kappa shape index (κ2) is 4.73. The van der Waals surface area contributed by atoms with Crippen molar-refractivity contribution in [2.75, 3.05) is 5.32 Å². The Morgan fingerprint density at radius 1 is 1.35 bits per heavy atom. The minimum absolute atomic E-state index is 0.419. The van der Waals surface area contributed by atoms with E-state index in [9.17, 15) is 0 Å². The molecule has 2 heterocycles. The van der Waals surface area contributed by atoms with Gasteiger partial charge in [0, 0.05) is 17.9 Å². The van der Waals surface area contributed by atoms with Gasteiger partial charge >= 0.3 is 0 Å². The Balaban J connectivity index is 2.26. The summed E-state index contributed by atoms with van der Waals surface area (Å²) in [6, 6.07) is 2.35. The second-order valence-corrected chi connectivity index (χ2v) is 5.08. The maximum absolute atomic E-state index is 4.42. The molecule has 0 fully saturated rings. The summed E-state index contributed by atoms with van der Waals surface area (Å²) in [6.07, 6.45) is 2.93. The highest BCUT2D eigenvalue weighted by Gasteiger charge is 2.11. The van der Waals surface area contributed by atoms with Crippen LogP contribution in [0.1, 0.15) is 32.9 Å². The summed E-state index contributed by atoms with van der Waals surface area (Å²) < 4.78 is 0. The smallest absolute Gasteiger partial charge is 0.137 e. The Labute approximate surface area is 102 Å². The van der Waals surface area contributed by atoms with Gasteiger partial charge in [0.05, 0.1) is 10.9 Å². The monoisotopic (exact) mass is 232 g/mol.